The maximum absolute atomic E-state index is 12.8. The largest absolute Gasteiger partial charge is 0.478 e. The van der Waals surface area contributed by atoms with Crippen LogP contribution in [0.1, 0.15) is 32.0 Å². The number of nitrogens with one attached hydrogen (secondary N) is 1. The van der Waals surface area contributed by atoms with Crippen molar-refractivity contribution >= 4 is 23.2 Å². The van der Waals surface area contributed by atoms with Crippen LogP contribution in [0, 0.1) is 0 Å². The third kappa shape index (κ3) is 5.61. The normalized spacial score (nSPS) is 11.4. The molecule has 0 unspecified atom stereocenters. The first kappa shape index (κ1) is 25.1. The SMILES string of the molecule is NCCCNC(=O)c1ccc(-c2cc(C(=O)O)cc(-c3cn(-c4ccc(C(F)(F)F)cc4)nn3)c2)s1. The van der Waals surface area contributed by atoms with Crippen LogP contribution in [0.2, 0.25) is 0 Å². The fourth-order valence-electron chi connectivity index (χ4n) is 3.37. The molecule has 0 fully saturated rings. The molecule has 4 aromatic rings. The number of hydrogen-bond donors (Lipinski definition) is 3. The lowest BCUT2D eigenvalue weighted by atomic mass is 10.0. The summed E-state index contributed by atoms with van der Waals surface area (Å²) >= 11 is 1.21. The van der Waals surface area contributed by atoms with Gasteiger partial charge in [0.2, 0.25) is 0 Å². The maximum Gasteiger partial charge on any atom is 0.416 e. The van der Waals surface area contributed by atoms with E-state index < -0.39 is 17.7 Å². The highest BCUT2D eigenvalue weighted by Gasteiger charge is 2.30. The van der Waals surface area contributed by atoms with Gasteiger partial charge in [0.05, 0.1) is 27.9 Å². The minimum Gasteiger partial charge on any atom is -0.478 e. The number of rotatable bonds is 8. The molecule has 0 atom stereocenters. The van der Waals surface area contributed by atoms with Crippen molar-refractivity contribution in [2.75, 3.05) is 13.1 Å². The Bertz CT molecular complexity index is 1400. The second-order valence-corrected chi connectivity index (χ2v) is 8.84. The van der Waals surface area contributed by atoms with Gasteiger partial charge in [0.15, 0.2) is 0 Å². The van der Waals surface area contributed by atoms with Crippen LogP contribution in [0.25, 0.3) is 27.4 Å². The predicted octanol–water partition coefficient (Wildman–Crippen LogP) is 4.46. The molecule has 8 nitrogen and oxygen atoms in total. The quantitative estimate of drug-likeness (QED) is 0.298. The fraction of sp³-hybridized carbons (Fsp3) is 0.167. The number of halogens is 3. The topological polar surface area (TPSA) is 123 Å². The van der Waals surface area contributed by atoms with Crippen LogP contribution in [0.5, 0.6) is 0 Å². The lowest BCUT2D eigenvalue weighted by molar-refractivity contribution is -0.137. The Balaban J connectivity index is 1.63. The number of amides is 1. The van der Waals surface area contributed by atoms with E-state index in [9.17, 15) is 27.9 Å². The molecular formula is C24H20F3N5O3S. The average Bonchev–Trinajstić information content (AvgIpc) is 3.54. The summed E-state index contributed by atoms with van der Waals surface area (Å²) in [7, 11) is 0. The van der Waals surface area contributed by atoms with Gasteiger partial charge in [-0.05, 0) is 73.1 Å². The number of carbonyl (C=O) groups excluding carboxylic acids is 1. The van der Waals surface area contributed by atoms with Crippen molar-refractivity contribution in [2.24, 2.45) is 5.73 Å². The number of aromatic nitrogens is 3. The Morgan fingerprint density at radius 1 is 1.06 bits per heavy atom. The Morgan fingerprint density at radius 3 is 2.44 bits per heavy atom. The molecule has 0 aliphatic rings. The number of nitrogens with zero attached hydrogens (tertiary/aromatic N) is 3. The van der Waals surface area contributed by atoms with E-state index >= 15 is 0 Å². The molecule has 36 heavy (non-hydrogen) atoms. The Morgan fingerprint density at radius 2 is 1.78 bits per heavy atom. The molecular weight excluding hydrogens is 495 g/mol. The number of carboxylic acids is 1. The monoisotopic (exact) mass is 515 g/mol. The number of nitrogens with two attached hydrogens (primary N) is 1. The molecule has 0 saturated carbocycles. The van der Waals surface area contributed by atoms with Gasteiger partial charge < -0.3 is 16.2 Å². The average molecular weight is 516 g/mol. The summed E-state index contributed by atoms with van der Waals surface area (Å²) in [5.74, 6) is -1.39. The molecule has 2 aromatic heterocycles. The fourth-order valence-corrected chi connectivity index (χ4v) is 4.28. The molecule has 0 aliphatic heterocycles. The molecule has 0 bridgehead atoms. The van der Waals surface area contributed by atoms with Gasteiger partial charge in [0.1, 0.15) is 5.69 Å². The van der Waals surface area contributed by atoms with Crippen LogP contribution in [-0.4, -0.2) is 45.1 Å². The molecule has 1 amide bonds. The number of hydrogen-bond acceptors (Lipinski definition) is 6. The number of benzene rings is 2. The van der Waals surface area contributed by atoms with Crippen LogP contribution in [0.15, 0.2) is 60.8 Å². The molecule has 186 valence electrons. The maximum atomic E-state index is 12.8. The van der Waals surface area contributed by atoms with Gasteiger partial charge in [0.25, 0.3) is 5.91 Å². The molecule has 2 aromatic carbocycles. The van der Waals surface area contributed by atoms with E-state index in [1.54, 1.807) is 18.2 Å². The van der Waals surface area contributed by atoms with Crippen molar-refractivity contribution in [1.82, 2.24) is 20.3 Å². The first-order valence-corrected chi connectivity index (χ1v) is 11.5. The van der Waals surface area contributed by atoms with Gasteiger partial charge in [-0.2, -0.15) is 13.2 Å². The minimum absolute atomic E-state index is 0.00827. The number of alkyl halides is 3. The highest BCUT2D eigenvalue weighted by atomic mass is 32.1. The van der Waals surface area contributed by atoms with Crippen molar-refractivity contribution in [3.63, 3.8) is 0 Å². The second kappa shape index (κ2) is 10.3. The van der Waals surface area contributed by atoms with Gasteiger partial charge in [-0.3, -0.25) is 4.79 Å². The van der Waals surface area contributed by atoms with E-state index in [-0.39, 0.29) is 11.5 Å². The van der Waals surface area contributed by atoms with Crippen LogP contribution >= 0.6 is 11.3 Å². The summed E-state index contributed by atoms with van der Waals surface area (Å²) < 4.78 is 39.8. The van der Waals surface area contributed by atoms with E-state index in [1.165, 1.54) is 46.5 Å². The van der Waals surface area contributed by atoms with Crippen molar-refractivity contribution < 1.29 is 27.9 Å². The molecule has 12 heteroatoms. The van der Waals surface area contributed by atoms with E-state index in [0.717, 1.165) is 12.1 Å². The van der Waals surface area contributed by atoms with Gasteiger partial charge in [-0.25, -0.2) is 9.48 Å². The van der Waals surface area contributed by atoms with Gasteiger partial charge in [-0.15, -0.1) is 16.4 Å². The Hall–Kier alpha value is -4.03. The molecule has 2 heterocycles. The third-order valence-corrected chi connectivity index (χ3v) is 6.34. The number of thiophene rings is 1. The van der Waals surface area contributed by atoms with Crippen molar-refractivity contribution in [2.45, 2.75) is 12.6 Å². The molecule has 0 spiro atoms. The van der Waals surface area contributed by atoms with Gasteiger partial charge in [-0.1, -0.05) is 5.21 Å². The zero-order valence-electron chi connectivity index (χ0n) is 18.6. The zero-order chi connectivity index (χ0) is 25.9. The number of carbonyl (C=O) groups is 2. The van der Waals surface area contributed by atoms with Crippen molar-refractivity contribution in [3.8, 4) is 27.4 Å². The van der Waals surface area contributed by atoms with Gasteiger partial charge >= 0.3 is 12.1 Å². The summed E-state index contributed by atoms with van der Waals surface area (Å²) in [5, 5.41) is 20.4. The van der Waals surface area contributed by atoms with E-state index in [2.05, 4.69) is 15.6 Å². The van der Waals surface area contributed by atoms with E-state index in [0.29, 0.717) is 51.8 Å². The van der Waals surface area contributed by atoms with Crippen molar-refractivity contribution in [3.05, 3.63) is 76.8 Å². The lowest BCUT2D eigenvalue weighted by Gasteiger charge is -2.07. The summed E-state index contributed by atoms with van der Waals surface area (Å²) in [6.07, 6.45) is -2.30. The Kier molecular flexibility index (Phi) is 7.17. The molecule has 4 rings (SSSR count). The number of carboxylic acid groups (broad SMARTS) is 1. The zero-order valence-corrected chi connectivity index (χ0v) is 19.4. The Labute approximate surface area is 207 Å². The summed E-state index contributed by atoms with van der Waals surface area (Å²) in [6.45, 7) is 0.917. The van der Waals surface area contributed by atoms with Gasteiger partial charge in [0, 0.05) is 17.0 Å². The highest BCUT2D eigenvalue weighted by molar-refractivity contribution is 7.17. The first-order chi connectivity index (χ1) is 17.2. The lowest BCUT2D eigenvalue weighted by Crippen LogP contribution is -2.25. The van der Waals surface area contributed by atoms with Crippen LogP contribution in [0.3, 0.4) is 0 Å². The number of aromatic carboxylic acids is 1. The van der Waals surface area contributed by atoms with Crippen LogP contribution in [-0.2, 0) is 6.18 Å². The summed E-state index contributed by atoms with van der Waals surface area (Å²) in [4.78, 5) is 25.2. The minimum atomic E-state index is -4.45. The standard InChI is InChI=1S/C24H20F3N5O3S/c25-24(26,27)17-2-4-18(5-3-17)32-13-19(30-31-32)14-10-15(12-16(11-14)23(34)35)20-6-7-21(36-20)22(33)29-9-1-8-28/h2-7,10-13H,1,8-9,28H2,(H,29,33)(H,34,35). The summed E-state index contributed by atoms with van der Waals surface area (Å²) in [5.41, 5.74) is 6.38. The molecule has 4 N–H and O–H groups in total. The van der Waals surface area contributed by atoms with Crippen LogP contribution in [0.4, 0.5) is 13.2 Å². The summed E-state index contributed by atoms with van der Waals surface area (Å²) in [6, 6.07) is 12.5. The first-order valence-electron chi connectivity index (χ1n) is 10.7. The molecule has 0 saturated heterocycles. The van der Waals surface area contributed by atoms with E-state index in [1.807, 2.05) is 0 Å². The smallest absolute Gasteiger partial charge is 0.416 e. The molecule has 0 radical (unpaired) electrons. The third-order valence-electron chi connectivity index (χ3n) is 5.21. The van der Waals surface area contributed by atoms with Crippen molar-refractivity contribution in [1.29, 1.82) is 0 Å². The van der Waals surface area contributed by atoms with Crippen LogP contribution < -0.4 is 11.1 Å². The highest BCUT2D eigenvalue weighted by Crippen LogP contribution is 2.33. The predicted molar refractivity (Wildman–Crippen MR) is 128 cm³/mol. The van der Waals surface area contributed by atoms with E-state index in [4.69, 9.17) is 5.73 Å². The molecule has 0 aliphatic carbocycles. The second-order valence-electron chi connectivity index (χ2n) is 7.76.